The third-order valence-electron chi connectivity index (χ3n) is 6.88. The summed E-state index contributed by atoms with van der Waals surface area (Å²) in [4.78, 5) is 91.8. The molecule has 218 valence electrons. The maximum absolute atomic E-state index is 13.5. The molecular formula is C25H31FN4O10. The van der Waals surface area contributed by atoms with E-state index in [4.69, 9.17) is 5.11 Å². The van der Waals surface area contributed by atoms with Crippen molar-refractivity contribution in [3.63, 3.8) is 0 Å². The molecular weight excluding hydrogens is 535 g/mol. The lowest BCUT2D eigenvalue weighted by Crippen LogP contribution is -2.70. The van der Waals surface area contributed by atoms with E-state index >= 15 is 0 Å². The number of barbiturate groups is 1. The number of imide groups is 2. The van der Waals surface area contributed by atoms with Gasteiger partial charge < -0.3 is 20.6 Å². The van der Waals surface area contributed by atoms with Crippen molar-refractivity contribution in [2.45, 2.75) is 70.9 Å². The smallest absolute Gasteiger partial charge is 0.335 e. The van der Waals surface area contributed by atoms with Crippen LogP contribution in [0.5, 0.6) is 0 Å². The number of urea groups is 1. The van der Waals surface area contributed by atoms with E-state index in [1.165, 1.54) is 19.9 Å². The first kappa shape index (κ1) is 31.8. The number of aliphatic carboxylic acids is 3. The van der Waals surface area contributed by atoms with Crippen molar-refractivity contribution in [1.82, 2.24) is 20.1 Å². The monoisotopic (exact) mass is 566 g/mol. The number of hydrogen-bond acceptors (Lipinski definition) is 8. The minimum Gasteiger partial charge on any atom is -0.481 e. The summed E-state index contributed by atoms with van der Waals surface area (Å²) in [5, 5.41) is 31.2. The second-order valence-corrected chi connectivity index (χ2v) is 9.18. The Balaban J connectivity index is 2.26. The Morgan fingerprint density at radius 3 is 1.93 bits per heavy atom. The van der Waals surface area contributed by atoms with Gasteiger partial charge in [0.15, 0.2) is 0 Å². The molecule has 0 aliphatic carbocycles. The predicted octanol–water partition coefficient (Wildman–Crippen LogP) is 1.49. The third-order valence-corrected chi connectivity index (χ3v) is 6.88. The number of rotatable bonds is 15. The fourth-order valence-corrected chi connectivity index (χ4v) is 4.51. The van der Waals surface area contributed by atoms with Gasteiger partial charge in [0.05, 0.1) is 5.56 Å². The van der Waals surface area contributed by atoms with Crippen molar-refractivity contribution in [3.05, 3.63) is 29.8 Å². The molecule has 1 aromatic heterocycles. The van der Waals surface area contributed by atoms with Gasteiger partial charge in [0, 0.05) is 19.2 Å². The fourth-order valence-electron chi connectivity index (χ4n) is 4.51. The van der Waals surface area contributed by atoms with Crippen molar-refractivity contribution in [1.29, 1.82) is 0 Å². The lowest BCUT2D eigenvalue weighted by Gasteiger charge is -2.46. The number of unbranched alkanes of at least 4 members (excludes halogenated alkanes) is 1. The van der Waals surface area contributed by atoms with Gasteiger partial charge in [-0.25, -0.2) is 29.2 Å². The van der Waals surface area contributed by atoms with Gasteiger partial charge in [-0.2, -0.15) is 4.39 Å². The van der Waals surface area contributed by atoms with Gasteiger partial charge in [-0.05, 0) is 50.7 Å². The second kappa shape index (κ2) is 13.6. The number of nitrogens with one attached hydrogen (secondary N) is 1. The molecule has 2 unspecified atom stereocenters. The number of halogens is 1. The molecule has 1 aliphatic rings. The first-order valence-corrected chi connectivity index (χ1v) is 12.6. The van der Waals surface area contributed by atoms with E-state index in [0.717, 1.165) is 12.3 Å². The molecule has 1 aliphatic heterocycles. The fraction of sp³-hybridized carbons (Fsp3) is 0.520. The van der Waals surface area contributed by atoms with Gasteiger partial charge in [-0.15, -0.1) is 0 Å². The van der Waals surface area contributed by atoms with Crippen LogP contribution in [0.3, 0.4) is 0 Å². The van der Waals surface area contributed by atoms with Crippen LogP contribution in [0.15, 0.2) is 18.3 Å². The molecule has 40 heavy (non-hydrogen) atoms. The summed E-state index contributed by atoms with van der Waals surface area (Å²) in [5.74, 6) is -8.13. The highest BCUT2D eigenvalue weighted by molar-refractivity contribution is 6.21. The molecule has 2 atom stereocenters. The van der Waals surface area contributed by atoms with Crippen LogP contribution in [0.2, 0.25) is 0 Å². The molecule has 2 rings (SSSR count). The molecule has 0 aromatic carbocycles. The Kier molecular flexibility index (Phi) is 10.8. The van der Waals surface area contributed by atoms with Crippen molar-refractivity contribution >= 4 is 41.7 Å². The van der Waals surface area contributed by atoms with E-state index in [1.54, 1.807) is 0 Å². The summed E-state index contributed by atoms with van der Waals surface area (Å²) in [5.41, 5.74) is -1.82. The lowest BCUT2D eigenvalue weighted by atomic mass is 9.77. The minimum atomic E-state index is -1.94. The average molecular weight is 567 g/mol. The van der Waals surface area contributed by atoms with Crippen molar-refractivity contribution < 1.29 is 53.3 Å². The predicted molar refractivity (Wildman–Crippen MR) is 132 cm³/mol. The standard InChI is InChI=1S/C25H31FN4O10/c1-3-25(4-2)22(38)29(24(40)30(23(25)39)16(21(36)37)9-11-18(31)32)15(20(34)35)7-5-6-12-27-19(33)14-8-10-17(26)28-13-14/h8,10,13,15-16H,3-7,9,11-12H2,1-2H3,(H,27,33)(H,31,32)(H,34,35)(H,36,37). The zero-order valence-corrected chi connectivity index (χ0v) is 22.0. The number of nitrogens with zero attached hydrogens (tertiary/aromatic N) is 3. The van der Waals surface area contributed by atoms with Gasteiger partial charge in [0.2, 0.25) is 17.8 Å². The van der Waals surface area contributed by atoms with Crippen molar-refractivity contribution in [2.24, 2.45) is 5.41 Å². The van der Waals surface area contributed by atoms with Crippen LogP contribution in [-0.2, 0) is 24.0 Å². The minimum absolute atomic E-state index is 0.0686. The number of carboxylic acids is 3. The highest BCUT2D eigenvalue weighted by Crippen LogP contribution is 2.39. The van der Waals surface area contributed by atoms with Crippen molar-refractivity contribution in [3.8, 4) is 0 Å². The molecule has 0 radical (unpaired) electrons. The quantitative estimate of drug-likeness (QED) is 0.136. The largest absolute Gasteiger partial charge is 0.481 e. The zero-order valence-electron chi connectivity index (χ0n) is 22.0. The van der Waals surface area contributed by atoms with Crippen LogP contribution >= 0.6 is 0 Å². The molecule has 1 aromatic rings. The van der Waals surface area contributed by atoms with E-state index in [1.807, 2.05) is 0 Å². The van der Waals surface area contributed by atoms with Gasteiger partial charge in [0.1, 0.15) is 17.5 Å². The molecule has 0 saturated carbocycles. The summed E-state index contributed by atoms with van der Waals surface area (Å²) in [7, 11) is 0. The second-order valence-electron chi connectivity index (χ2n) is 9.18. The number of carboxylic acid groups (broad SMARTS) is 3. The van der Waals surface area contributed by atoms with Crippen LogP contribution in [0, 0.1) is 11.4 Å². The van der Waals surface area contributed by atoms with Crippen LogP contribution in [0.1, 0.15) is 69.2 Å². The highest BCUT2D eigenvalue weighted by Gasteiger charge is 2.59. The van der Waals surface area contributed by atoms with Crippen LogP contribution in [0.25, 0.3) is 0 Å². The summed E-state index contributed by atoms with van der Waals surface area (Å²) in [6, 6.07) is -2.91. The Hall–Kier alpha value is -4.43. The van der Waals surface area contributed by atoms with E-state index in [-0.39, 0.29) is 44.2 Å². The third kappa shape index (κ3) is 6.76. The van der Waals surface area contributed by atoms with Crippen LogP contribution in [-0.4, -0.2) is 90.4 Å². The maximum atomic E-state index is 13.5. The molecule has 4 N–H and O–H groups in total. The summed E-state index contributed by atoms with van der Waals surface area (Å²) in [6.45, 7) is 3.00. The van der Waals surface area contributed by atoms with E-state index in [2.05, 4.69) is 10.3 Å². The topological polar surface area (TPSA) is 212 Å². The number of carbonyl (C=O) groups excluding carboxylic acids is 4. The average Bonchev–Trinajstić information content (AvgIpc) is 2.89. The van der Waals surface area contributed by atoms with E-state index in [9.17, 15) is 48.2 Å². The van der Waals surface area contributed by atoms with Gasteiger partial charge in [-0.1, -0.05) is 13.8 Å². The van der Waals surface area contributed by atoms with Crippen LogP contribution < -0.4 is 5.32 Å². The molecule has 0 spiro atoms. The zero-order chi connectivity index (χ0) is 30.2. The van der Waals surface area contributed by atoms with Gasteiger partial charge in [-0.3, -0.25) is 19.2 Å². The summed E-state index contributed by atoms with van der Waals surface area (Å²) < 4.78 is 12.9. The normalized spacial score (nSPS) is 16.4. The Bertz CT molecular complexity index is 1170. The Labute approximate surface area is 228 Å². The lowest BCUT2D eigenvalue weighted by molar-refractivity contribution is -0.170. The van der Waals surface area contributed by atoms with Crippen LogP contribution in [0.4, 0.5) is 9.18 Å². The number of aromatic nitrogens is 1. The summed E-state index contributed by atoms with van der Waals surface area (Å²) >= 11 is 0. The first-order chi connectivity index (χ1) is 18.8. The first-order valence-electron chi connectivity index (χ1n) is 12.6. The Morgan fingerprint density at radius 2 is 1.48 bits per heavy atom. The van der Waals surface area contributed by atoms with Gasteiger partial charge in [0.25, 0.3) is 5.91 Å². The highest BCUT2D eigenvalue weighted by atomic mass is 19.1. The van der Waals surface area contributed by atoms with E-state index in [0.29, 0.717) is 9.80 Å². The number of carbonyl (C=O) groups is 7. The molecule has 1 fully saturated rings. The van der Waals surface area contributed by atoms with Crippen molar-refractivity contribution in [2.75, 3.05) is 6.54 Å². The molecule has 5 amide bonds. The number of amides is 5. The number of hydrogen-bond donors (Lipinski definition) is 4. The Morgan fingerprint density at radius 1 is 0.925 bits per heavy atom. The molecule has 15 heteroatoms. The summed E-state index contributed by atoms with van der Waals surface area (Å²) in [6.07, 6.45) is -0.598. The molecule has 14 nitrogen and oxygen atoms in total. The number of pyridine rings is 1. The molecule has 1 saturated heterocycles. The van der Waals surface area contributed by atoms with E-state index < -0.39 is 77.9 Å². The SMILES string of the molecule is CCC1(CC)C(=O)N(C(CCCCNC(=O)c2ccc(F)nc2)C(=O)O)C(=O)N(C(CCC(=O)O)C(=O)O)C1=O. The maximum Gasteiger partial charge on any atom is 0.335 e. The molecule has 2 heterocycles. The molecule has 0 bridgehead atoms. The van der Waals surface area contributed by atoms with Gasteiger partial charge >= 0.3 is 23.9 Å².